The molecule has 9 nitrogen and oxygen atoms in total. The molecule has 1 aromatic carbocycles. The third-order valence-corrected chi connectivity index (χ3v) is 5.13. The van der Waals surface area contributed by atoms with E-state index in [-0.39, 0.29) is 36.3 Å². The monoisotopic (exact) mass is 493 g/mol. The summed E-state index contributed by atoms with van der Waals surface area (Å²) in [4.78, 5) is 49.4. The van der Waals surface area contributed by atoms with E-state index < -0.39 is 41.4 Å². The molecule has 1 rings (SSSR count). The van der Waals surface area contributed by atoms with Gasteiger partial charge < -0.3 is 19.3 Å². The van der Waals surface area contributed by atoms with Crippen molar-refractivity contribution >= 4 is 23.9 Å². The summed E-state index contributed by atoms with van der Waals surface area (Å²) in [6, 6.07) is 4.13. The summed E-state index contributed by atoms with van der Waals surface area (Å²) in [7, 11) is 0. The second-order valence-corrected chi connectivity index (χ2v) is 9.77. The molecular formula is C26H39NO8. The largest absolute Gasteiger partial charge is 0.477 e. The highest BCUT2D eigenvalue weighted by Crippen LogP contribution is 2.32. The number of carboxylic acids is 1. The van der Waals surface area contributed by atoms with Gasteiger partial charge >= 0.3 is 23.9 Å². The molecule has 1 aromatic rings. The van der Waals surface area contributed by atoms with E-state index in [0.29, 0.717) is 12.0 Å². The average Bonchev–Trinajstić information content (AvgIpc) is 2.74. The first kappa shape index (κ1) is 30.1. The Bertz CT molecular complexity index is 909. The number of benzene rings is 1. The molecule has 0 bridgehead atoms. The number of carbonyl (C=O) groups excluding carboxylic acids is 3. The van der Waals surface area contributed by atoms with Crippen molar-refractivity contribution in [3.05, 3.63) is 23.8 Å². The van der Waals surface area contributed by atoms with Crippen LogP contribution in [0.1, 0.15) is 73.8 Å². The normalized spacial score (nSPS) is 13.9. The third kappa shape index (κ3) is 9.32. The van der Waals surface area contributed by atoms with E-state index in [2.05, 4.69) is 5.32 Å². The Morgan fingerprint density at radius 3 is 1.91 bits per heavy atom. The molecule has 0 fully saturated rings. The van der Waals surface area contributed by atoms with Crippen LogP contribution in [0.5, 0.6) is 11.5 Å². The van der Waals surface area contributed by atoms with Gasteiger partial charge in [-0.05, 0) is 37.0 Å². The number of rotatable bonds is 13. The van der Waals surface area contributed by atoms with Gasteiger partial charge in [-0.3, -0.25) is 19.7 Å². The van der Waals surface area contributed by atoms with Crippen molar-refractivity contribution in [3.63, 3.8) is 0 Å². The Labute approximate surface area is 207 Å². The lowest BCUT2D eigenvalue weighted by molar-refractivity contribution is -0.185. The summed E-state index contributed by atoms with van der Waals surface area (Å²) < 4.78 is 16.4. The molecule has 0 heterocycles. The Balaban J connectivity index is 3.47. The molecule has 0 saturated carbocycles. The summed E-state index contributed by atoms with van der Waals surface area (Å²) in [5, 5.41) is 13.1. The van der Waals surface area contributed by atoms with E-state index >= 15 is 0 Å². The smallest absolute Gasteiger partial charge is 0.364 e. The fraction of sp³-hybridized carbons (Fsp3) is 0.615. The molecule has 0 aromatic heterocycles. The maximum Gasteiger partial charge on any atom is 0.364 e. The molecule has 0 amide bonds. The van der Waals surface area contributed by atoms with Crippen LogP contribution in [-0.2, 0) is 30.3 Å². The van der Waals surface area contributed by atoms with Gasteiger partial charge in [0.1, 0.15) is 0 Å². The first-order valence-electron chi connectivity index (χ1n) is 12.0. The Morgan fingerprint density at radius 1 is 0.914 bits per heavy atom. The fourth-order valence-corrected chi connectivity index (χ4v) is 2.93. The number of ether oxygens (including phenoxy) is 3. The van der Waals surface area contributed by atoms with Gasteiger partial charge in [0.05, 0.1) is 11.8 Å². The van der Waals surface area contributed by atoms with Crippen LogP contribution in [0.25, 0.3) is 0 Å². The first-order chi connectivity index (χ1) is 16.2. The van der Waals surface area contributed by atoms with Crippen LogP contribution >= 0.6 is 0 Å². The summed E-state index contributed by atoms with van der Waals surface area (Å²) in [5.74, 6) is -3.93. The van der Waals surface area contributed by atoms with Gasteiger partial charge in [0, 0.05) is 18.9 Å². The Kier molecular flexibility index (Phi) is 11.4. The number of hydrogen-bond donors (Lipinski definition) is 2. The molecule has 0 aliphatic carbocycles. The van der Waals surface area contributed by atoms with Crippen LogP contribution in [0, 0.1) is 17.8 Å². The van der Waals surface area contributed by atoms with E-state index in [9.17, 15) is 24.3 Å². The molecule has 35 heavy (non-hydrogen) atoms. The average molecular weight is 494 g/mol. The number of esters is 3. The van der Waals surface area contributed by atoms with Crippen molar-refractivity contribution in [1.82, 2.24) is 5.32 Å². The molecule has 0 spiro atoms. The summed E-state index contributed by atoms with van der Waals surface area (Å²) >= 11 is 0. The predicted octanol–water partition coefficient (Wildman–Crippen LogP) is 4.11. The van der Waals surface area contributed by atoms with Crippen LogP contribution < -0.4 is 14.8 Å². The van der Waals surface area contributed by atoms with Gasteiger partial charge in [0.15, 0.2) is 11.5 Å². The molecular weight excluding hydrogens is 454 g/mol. The van der Waals surface area contributed by atoms with Crippen LogP contribution in [0.15, 0.2) is 18.2 Å². The fourth-order valence-electron chi connectivity index (χ4n) is 2.93. The van der Waals surface area contributed by atoms with Gasteiger partial charge in [-0.1, -0.05) is 54.5 Å². The summed E-state index contributed by atoms with van der Waals surface area (Å²) in [6.07, 6.45) is 0.401. The zero-order chi connectivity index (χ0) is 26.9. The van der Waals surface area contributed by atoms with E-state index in [4.69, 9.17) is 14.2 Å². The molecule has 0 aliphatic rings. The van der Waals surface area contributed by atoms with Crippen LogP contribution in [0.4, 0.5) is 0 Å². The van der Waals surface area contributed by atoms with Crippen molar-refractivity contribution in [2.75, 3.05) is 0 Å². The maximum absolute atomic E-state index is 12.5. The Morgan fingerprint density at radius 2 is 1.46 bits per heavy atom. The lowest BCUT2D eigenvalue weighted by Crippen LogP contribution is -2.59. The highest BCUT2D eigenvalue weighted by Gasteiger charge is 2.44. The van der Waals surface area contributed by atoms with E-state index in [1.54, 1.807) is 40.7 Å². The van der Waals surface area contributed by atoms with Gasteiger partial charge in [0.25, 0.3) is 5.72 Å². The quantitative estimate of drug-likeness (QED) is 0.237. The minimum absolute atomic E-state index is 0.0189. The van der Waals surface area contributed by atoms with Gasteiger partial charge in [0.2, 0.25) is 0 Å². The Hall–Kier alpha value is -2.94. The molecule has 196 valence electrons. The van der Waals surface area contributed by atoms with Crippen LogP contribution in [0.3, 0.4) is 0 Å². The molecule has 0 saturated heterocycles. The van der Waals surface area contributed by atoms with Crippen molar-refractivity contribution in [2.45, 2.75) is 86.4 Å². The summed E-state index contributed by atoms with van der Waals surface area (Å²) in [5.41, 5.74) is -1.65. The lowest BCUT2D eigenvalue weighted by Gasteiger charge is -2.33. The number of nitrogens with one attached hydrogen (secondary N) is 1. The zero-order valence-corrected chi connectivity index (χ0v) is 22.0. The number of hydrogen-bond acceptors (Lipinski definition) is 8. The maximum atomic E-state index is 12.5. The van der Waals surface area contributed by atoms with Crippen LogP contribution in [0.2, 0.25) is 0 Å². The molecule has 9 heteroatoms. The number of carboxylic acid groups (broad SMARTS) is 1. The molecule has 0 radical (unpaired) electrons. The summed E-state index contributed by atoms with van der Waals surface area (Å²) in [6.45, 7) is 14.0. The van der Waals surface area contributed by atoms with Gasteiger partial charge in [-0.2, -0.15) is 0 Å². The van der Waals surface area contributed by atoms with Crippen molar-refractivity contribution in [2.24, 2.45) is 17.8 Å². The van der Waals surface area contributed by atoms with Gasteiger partial charge in [-0.15, -0.1) is 0 Å². The van der Waals surface area contributed by atoms with Crippen molar-refractivity contribution in [1.29, 1.82) is 0 Å². The number of carbonyl (C=O) groups is 4. The van der Waals surface area contributed by atoms with Crippen molar-refractivity contribution in [3.8, 4) is 11.5 Å². The van der Waals surface area contributed by atoms with E-state index in [1.807, 2.05) is 20.8 Å². The molecule has 2 N–H and O–H groups in total. The highest BCUT2D eigenvalue weighted by molar-refractivity contribution is 5.82. The van der Waals surface area contributed by atoms with Crippen LogP contribution in [-0.4, -0.2) is 40.8 Å². The SMILES string of the molecule is CCC(C)N[C@@](Cc1ccc(OC(=O)C(C)C)c(OC(=O)C(C)C)c1)(OC(=O)CC(C)C)C(=O)O. The van der Waals surface area contributed by atoms with Crippen molar-refractivity contribution < 1.29 is 38.5 Å². The highest BCUT2D eigenvalue weighted by atomic mass is 16.6. The third-order valence-electron chi connectivity index (χ3n) is 5.13. The van der Waals surface area contributed by atoms with E-state index in [0.717, 1.165) is 0 Å². The zero-order valence-electron chi connectivity index (χ0n) is 22.0. The number of aliphatic carboxylic acids is 1. The first-order valence-corrected chi connectivity index (χ1v) is 12.0. The second kappa shape index (κ2) is 13.2. The molecule has 1 unspecified atom stereocenters. The topological polar surface area (TPSA) is 128 Å². The minimum atomic E-state index is -2.04. The minimum Gasteiger partial charge on any atom is -0.477 e. The second-order valence-electron chi connectivity index (χ2n) is 9.77. The molecule has 0 aliphatic heterocycles. The lowest BCUT2D eigenvalue weighted by atomic mass is 9.99. The predicted molar refractivity (Wildman–Crippen MR) is 130 cm³/mol. The molecule has 2 atom stereocenters. The van der Waals surface area contributed by atoms with Gasteiger partial charge in [-0.25, -0.2) is 4.79 Å². The standard InChI is InChI=1S/C26H39NO8/c1-9-18(8)27-26(25(31)32,35-22(28)12-15(2)3)14-19-10-11-20(33-23(29)16(4)5)21(13-19)34-24(30)17(6)7/h10-11,13,15-18,27H,9,12,14H2,1-8H3,(H,31,32)/t18?,26-/m0/s1. The van der Waals surface area contributed by atoms with E-state index in [1.165, 1.54) is 12.1 Å².